The molecule has 1 heterocycles. The standard InChI is InChI=1S/C14H14F2N4O/c15-11-2-1-10(7-12(11)16)20-4-3-13(19-20)14(21)18-9-5-8(17)6-9/h1-4,7-9H,5-6,17H2,(H,18,21). The Morgan fingerprint density at radius 3 is 2.71 bits per heavy atom. The Bertz CT molecular complexity index is 679. The number of nitrogens with two attached hydrogens (primary N) is 1. The molecule has 0 aliphatic heterocycles. The van der Waals surface area contributed by atoms with Crippen molar-refractivity contribution in [2.24, 2.45) is 5.73 Å². The second kappa shape index (κ2) is 5.25. The Morgan fingerprint density at radius 1 is 1.29 bits per heavy atom. The highest BCUT2D eigenvalue weighted by molar-refractivity contribution is 5.92. The molecule has 0 atom stereocenters. The van der Waals surface area contributed by atoms with Crippen LogP contribution < -0.4 is 11.1 Å². The van der Waals surface area contributed by atoms with E-state index in [1.165, 1.54) is 23.0 Å². The predicted molar refractivity (Wildman–Crippen MR) is 71.9 cm³/mol. The van der Waals surface area contributed by atoms with Gasteiger partial charge in [-0.2, -0.15) is 5.10 Å². The van der Waals surface area contributed by atoms with E-state index >= 15 is 0 Å². The summed E-state index contributed by atoms with van der Waals surface area (Å²) < 4.78 is 27.4. The molecule has 0 saturated heterocycles. The van der Waals surface area contributed by atoms with Gasteiger partial charge in [0, 0.05) is 24.3 Å². The monoisotopic (exact) mass is 292 g/mol. The summed E-state index contributed by atoms with van der Waals surface area (Å²) >= 11 is 0. The summed E-state index contributed by atoms with van der Waals surface area (Å²) in [4.78, 5) is 12.0. The zero-order valence-corrected chi connectivity index (χ0v) is 11.1. The van der Waals surface area contributed by atoms with Crippen LogP contribution in [0.3, 0.4) is 0 Å². The second-order valence-electron chi connectivity index (χ2n) is 5.15. The van der Waals surface area contributed by atoms with Crippen molar-refractivity contribution in [1.82, 2.24) is 15.1 Å². The van der Waals surface area contributed by atoms with E-state index in [1.807, 2.05) is 0 Å². The number of halogens is 2. The Balaban J connectivity index is 1.73. The van der Waals surface area contributed by atoms with E-state index in [9.17, 15) is 13.6 Å². The van der Waals surface area contributed by atoms with Crippen LogP contribution in [-0.4, -0.2) is 27.8 Å². The molecule has 21 heavy (non-hydrogen) atoms. The summed E-state index contributed by atoms with van der Waals surface area (Å²) in [6.45, 7) is 0. The van der Waals surface area contributed by atoms with Crippen LogP contribution >= 0.6 is 0 Å². The number of amides is 1. The van der Waals surface area contributed by atoms with Crippen LogP contribution in [0.4, 0.5) is 8.78 Å². The summed E-state index contributed by atoms with van der Waals surface area (Å²) in [5, 5.41) is 6.89. The van der Waals surface area contributed by atoms with Crippen molar-refractivity contribution in [3.8, 4) is 5.69 Å². The zero-order chi connectivity index (χ0) is 15.0. The van der Waals surface area contributed by atoms with E-state index in [-0.39, 0.29) is 23.7 Å². The fourth-order valence-electron chi connectivity index (χ4n) is 2.26. The average Bonchev–Trinajstić information content (AvgIpc) is 2.90. The quantitative estimate of drug-likeness (QED) is 0.897. The lowest BCUT2D eigenvalue weighted by molar-refractivity contribution is 0.0904. The van der Waals surface area contributed by atoms with Crippen LogP contribution in [0.1, 0.15) is 23.3 Å². The molecule has 110 valence electrons. The lowest BCUT2D eigenvalue weighted by atomic mass is 9.87. The molecule has 1 amide bonds. The summed E-state index contributed by atoms with van der Waals surface area (Å²) in [6.07, 6.45) is 3.04. The molecule has 1 aliphatic carbocycles. The van der Waals surface area contributed by atoms with Crippen molar-refractivity contribution in [3.05, 3.63) is 47.8 Å². The van der Waals surface area contributed by atoms with E-state index < -0.39 is 11.6 Å². The summed E-state index contributed by atoms with van der Waals surface area (Å²) in [5.41, 5.74) is 6.22. The first kappa shape index (κ1) is 13.7. The number of hydrogen-bond acceptors (Lipinski definition) is 3. The molecule has 7 heteroatoms. The van der Waals surface area contributed by atoms with Crippen LogP contribution in [0, 0.1) is 11.6 Å². The molecular weight excluding hydrogens is 278 g/mol. The van der Waals surface area contributed by atoms with Gasteiger partial charge in [-0.1, -0.05) is 0 Å². The number of hydrogen-bond donors (Lipinski definition) is 2. The highest BCUT2D eigenvalue weighted by atomic mass is 19.2. The first-order valence-corrected chi connectivity index (χ1v) is 6.60. The lowest BCUT2D eigenvalue weighted by Gasteiger charge is -2.32. The van der Waals surface area contributed by atoms with Crippen molar-refractivity contribution in [2.45, 2.75) is 24.9 Å². The Morgan fingerprint density at radius 2 is 2.05 bits per heavy atom. The molecule has 1 fully saturated rings. The maximum Gasteiger partial charge on any atom is 0.272 e. The van der Waals surface area contributed by atoms with Crippen molar-refractivity contribution in [3.63, 3.8) is 0 Å². The molecule has 5 nitrogen and oxygen atoms in total. The van der Waals surface area contributed by atoms with Crippen LogP contribution in [0.5, 0.6) is 0 Å². The predicted octanol–water partition coefficient (Wildman–Crippen LogP) is 1.37. The number of aromatic nitrogens is 2. The molecule has 0 spiro atoms. The van der Waals surface area contributed by atoms with E-state index in [2.05, 4.69) is 10.4 Å². The lowest BCUT2D eigenvalue weighted by Crippen LogP contribution is -2.50. The largest absolute Gasteiger partial charge is 0.348 e. The fraction of sp³-hybridized carbons (Fsp3) is 0.286. The van der Waals surface area contributed by atoms with Crippen LogP contribution in [0.15, 0.2) is 30.5 Å². The average molecular weight is 292 g/mol. The van der Waals surface area contributed by atoms with Crippen molar-refractivity contribution in [2.75, 3.05) is 0 Å². The minimum absolute atomic E-state index is 0.0842. The van der Waals surface area contributed by atoms with Gasteiger partial charge in [0.05, 0.1) is 5.69 Å². The van der Waals surface area contributed by atoms with Crippen molar-refractivity contribution in [1.29, 1.82) is 0 Å². The number of carbonyl (C=O) groups excluding carboxylic acids is 1. The molecule has 0 bridgehead atoms. The number of benzene rings is 1. The SMILES string of the molecule is NC1CC(NC(=O)c2ccn(-c3ccc(F)c(F)c3)n2)C1. The van der Waals surface area contributed by atoms with Crippen LogP contribution in [-0.2, 0) is 0 Å². The van der Waals surface area contributed by atoms with Gasteiger partial charge in [0.2, 0.25) is 0 Å². The van der Waals surface area contributed by atoms with Gasteiger partial charge in [-0.3, -0.25) is 4.79 Å². The van der Waals surface area contributed by atoms with Gasteiger partial charge in [-0.15, -0.1) is 0 Å². The smallest absolute Gasteiger partial charge is 0.272 e. The van der Waals surface area contributed by atoms with Gasteiger partial charge in [-0.05, 0) is 31.0 Å². The molecule has 1 aromatic heterocycles. The molecule has 1 aromatic carbocycles. The van der Waals surface area contributed by atoms with Crippen LogP contribution in [0.2, 0.25) is 0 Å². The Hall–Kier alpha value is -2.28. The molecular formula is C14H14F2N4O. The summed E-state index contributed by atoms with van der Waals surface area (Å²) in [6, 6.07) is 5.18. The van der Waals surface area contributed by atoms with Gasteiger partial charge in [-0.25, -0.2) is 13.5 Å². The third-order valence-corrected chi connectivity index (χ3v) is 3.50. The number of nitrogens with zero attached hydrogens (tertiary/aromatic N) is 2. The third-order valence-electron chi connectivity index (χ3n) is 3.50. The van der Waals surface area contributed by atoms with E-state index in [4.69, 9.17) is 5.73 Å². The molecule has 0 unspecified atom stereocenters. The van der Waals surface area contributed by atoms with E-state index in [0.29, 0.717) is 5.69 Å². The fourth-order valence-corrected chi connectivity index (χ4v) is 2.26. The Kier molecular flexibility index (Phi) is 3.42. The maximum absolute atomic E-state index is 13.2. The first-order chi connectivity index (χ1) is 10.0. The maximum atomic E-state index is 13.2. The molecule has 3 rings (SSSR count). The molecule has 1 aliphatic rings. The normalized spacial score (nSPS) is 20.9. The Labute approximate surface area is 119 Å². The number of rotatable bonds is 3. The zero-order valence-electron chi connectivity index (χ0n) is 11.1. The minimum atomic E-state index is -0.961. The highest BCUT2D eigenvalue weighted by Gasteiger charge is 2.28. The minimum Gasteiger partial charge on any atom is -0.348 e. The topological polar surface area (TPSA) is 72.9 Å². The van der Waals surface area contributed by atoms with E-state index in [0.717, 1.165) is 25.0 Å². The molecule has 1 saturated carbocycles. The highest BCUT2D eigenvalue weighted by Crippen LogP contribution is 2.18. The van der Waals surface area contributed by atoms with Gasteiger partial charge in [0.15, 0.2) is 17.3 Å². The van der Waals surface area contributed by atoms with Crippen molar-refractivity contribution >= 4 is 5.91 Å². The van der Waals surface area contributed by atoms with Gasteiger partial charge >= 0.3 is 0 Å². The summed E-state index contributed by atoms with van der Waals surface area (Å²) in [7, 11) is 0. The van der Waals surface area contributed by atoms with E-state index in [1.54, 1.807) is 0 Å². The summed E-state index contributed by atoms with van der Waals surface area (Å²) in [5.74, 6) is -2.18. The van der Waals surface area contributed by atoms with Gasteiger partial charge in [0.25, 0.3) is 5.91 Å². The molecule has 3 N–H and O–H groups in total. The van der Waals surface area contributed by atoms with Gasteiger partial charge < -0.3 is 11.1 Å². The second-order valence-corrected chi connectivity index (χ2v) is 5.15. The third kappa shape index (κ3) is 2.78. The molecule has 0 radical (unpaired) electrons. The number of carbonyl (C=O) groups is 1. The number of nitrogens with one attached hydrogen (secondary N) is 1. The van der Waals surface area contributed by atoms with Crippen molar-refractivity contribution < 1.29 is 13.6 Å². The van der Waals surface area contributed by atoms with Gasteiger partial charge in [0.1, 0.15) is 0 Å². The first-order valence-electron chi connectivity index (χ1n) is 6.60. The molecule has 2 aromatic rings. The van der Waals surface area contributed by atoms with Crippen LogP contribution in [0.25, 0.3) is 5.69 Å².